The molecule has 2 aromatic rings. The average molecular weight is 483 g/mol. The number of sulfonamides is 1. The first kappa shape index (κ1) is 17.5. The van der Waals surface area contributed by atoms with Gasteiger partial charge in [0.2, 0.25) is 10.0 Å². The van der Waals surface area contributed by atoms with Crippen molar-refractivity contribution in [3.63, 3.8) is 0 Å². The van der Waals surface area contributed by atoms with E-state index in [-0.39, 0.29) is 19.9 Å². The molecule has 1 aliphatic heterocycles. The van der Waals surface area contributed by atoms with E-state index in [4.69, 9.17) is 0 Å². The molecule has 1 atom stereocenters. The van der Waals surface area contributed by atoms with Crippen LogP contribution in [-0.4, -0.2) is 19.3 Å². The maximum Gasteiger partial charge on any atom is 0.245 e. The monoisotopic (exact) mass is 481 g/mol. The molecule has 0 fully saturated rings. The SMILES string of the molecule is CCC1c2ccsc2CCN1S(=O)(=O)c1c(Br)cc(F)cc1Br. The fourth-order valence-corrected chi connectivity index (χ4v) is 8.04. The van der Waals surface area contributed by atoms with Gasteiger partial charge in [-0.25, -0.2) is 12.8 Å². The zero-order chi connectivity index (χ0) is 16.8. The van der Waals surface area contributed by atoms with Crippen molar-refractivity contribution < 1.29 is 12.8 Å². The van der Waals surface area contributed by atoms with E-state index in [2.05, 4.69) is 31.9 Å². The predicted octanol–water partition coefficient (Wildman–Crippen LogP) is 5.11. The van der Waals surface area contributed by atoms with Crippen LogP contribution in [0.5, 0.6) is 0 Å². The molecule has 1 aromatic carbocycles. The minimum absolute atomic E-state index is 0.0797. The summed E-state index contributed by atoms with van der Waals surface area (Å²) in [4.78, 5) is 1.33. The second-order valence-corrected chi connectivity index (χ2v) is 9.82. The molecule has 3 rings (SSSR count). The lowest BCUT2D eigenvalue weighted by atomic mass is 10.0. The first-order chi connectivity index (χ1) is 10.9. The van der Waals surface area contributed by atoms with Crippen molar-refractivity contribution in [1.82, 2.24) is 4.31 Å². The Morgan fingerprint density at radius 2 is 2.00 bits per heavy atom. The van der Waals surface area contributed by atoms with Crippen LogP contribution in [-0.2, 0) is 16.4 Å². The van der Waals surface area contributed by atoms with Gasteiger partial charge in [-0.2, -0.15) is 4.31 Å². The lowest BCUT2D eigenvalue weighted by molar-refractivity contribution is 0.303. The summed E-state index contributed by atoms with van der Waals surface area (Å²) in [5.74, 6) is -0.492. The summed E-state index contributed by atoms with van der Waals surface area (Å²) in [5, 5.41) is 2.01. The van der Waals surface area contributed by atoms with Crippen LogP contribution >= 0.6 is 43.2 Å². The number of nitrogens with zero attached hydrogens (tertiary/aromatic N) is 1. The summed E-state index contributed by atoms with van der Waals surface area (Å²) in [5.41, 5.74) is 1.08. The van der Waals surface area contributed by atoms with Crippen LogP contribution in [0.1, 0.15) is 29.8 Å². The van der Waals surface area contributed by atoms with Crippen molar-refractivity contribution in [2.24, 2.45) is 0 Å². The van der Waals surface area contributed by atoms with E-state index in [1.165, 1.54) is 21.3 Å². The zero-order valence-electron chi connectivity index (χ0n) is 12.2. The van der Waals surface area contributed by atoms with E-state index in [1.54, 1.807) is 11.3 Å². The number of rotatable bonds is 3. The van der Waals surface area contributed by atoms with Crippen molar-refractivity contribution in [2.45, 2.75) is 30.7 Å². The van der Waals surface area contributed by atoms with Crippen LogP contribution in [0.15, 0.2) is 37.4 Å². The van der Waals surface area contributed by atoms with Crippen LogP contribution in [0.25, 0.3) is 0 Å². The number of halogens is 3. The van der Waals surface area contributed by atoms with E-state index in [1.807, 2.05) is 18.4 Å². The maximum atomic E-state index is 13.5. The largest absolute Gasteiger partial charge is 0.245 e. The molecule has 2 heterocycles. The third-order valence-corrected chi connectivity index (χ3v) is 8.74. The Morgan fingerprint density at radius 1 is 1.35 bits per heavy atom. The van der Waals surface area contributed by atoms with Crippen LogP contribution in [0.2, 0.25) is 0 Å². The third-order valence-electron chi connectivity index (χ3n) is 3.96. The fraction of sp³-hybridized carbons (Fsp3) is 0.333. The van der Waals surface area contributed by atoms with Crippen LogP contribution in [0.3, 0.4) is 0 Å². The molecular formula is C15H14Br2FNO2S2. The molecule has 0 spiro atoms. The van der Waals surface area contributed by atoms with Crippen molar-refractivity contribution in [3.05, 3.63) is 48.8 Å². The highest BCUT2D eigenvalue weighted by Gasteiger charge is 2.38. The van der Waals surface area contributed by atoms with Crippen molar-refractivity contribution >= 4 is 53.2 Å². The van der Waals surface area contributed by atoms with Crippen LogP contribution < -0.4 is 0 Å². The van der Waals surface area contributed by atoms with Gasteiger partial charge in [0, 0.05) is 20.4 Å². The topological polar surface area (TPSA) is 37.4 Å². The molecule has 3 nitrogen and oxygen atoms in total. The smallest absolute Gasteiger partial charge is 0.207 e. The summed E-state index contributed by atoms with van der Waals surface area (Å²) in [6.45, 7) is 2.42. The van der Waals surface area contributed by atoms with Gasteiger partial charge in [-0.1, -0.05) is 6.92 Å². The van der Waals surface area contributed by atoms with Gasteiger partial charge in [-0.15, -0.1) is 11.3 Å². The van der Waals surface area contributed by atoms with Gasteiger partial charge in [0.05, 0.1) is 6.04 Å². The third kappa shape index (κ3) is 3.04. The van der Waals surface area contributed by atoms with Crippen molar-refractivity contribution in [3.8, 4) is 0 Å². The van der Waals surface area contributed by atoms with Gasteiger partial charge >= 0.3 is 0 Å². The number of fused-ring (bicyclic) bond motifs is 1. The Balaban J connectivity index is 2.11. The van der Waals surface area contributed by atoms with Gasteiger partial charge in [-0.05, 0) is 73.8 Å². The first-order valence-electron chi connectivity index (χ1n) is 7.09. The van der Waals surface area contributed by atoms with E-state index in [9.17, 15) is 12.8 Å². The molecule has 124 valence electrons. The van der Waals surface area contributed by atoms with E-state index >= 15 is 0 Å². The van der Waals surface area contributed by atoms with E-state index in [0.717, 1.165) is 5.56 Å². The van der Waals surface area contributed by atoms with Gasteiger partial charge < -0.3 is 0 Å². The van der Waals surface area contributed by atoms with E-state index in [0.29, 0.717) is 19.4 Å². The minimum Gasteiger partial charge on any atom is -0.207 e. The highest BCUT2D eigenvalue weighted by molar-refractivity contribution is 9.11. The highest BCUT2D eigenvalue weighted by Crippen LogP contribution is 2.41. The van der Waals surface area contributed by atoms with Crippen molar-refractivity contribution in [2.75, 3.05) is 6.54 Å². The van der Waals surface area contributed by atoms with E-state index < -0.39 is 15.8 Å². The van der Waals surface area contributed by atoms with Gasteiger partial charge in [0.1, 0.15) is 10.7 Å². The lowest BCUT2D eigenvalue weighted by Gasteiger charge is -2.34. The minimum atomic E-state index is -3.74. The van der Waals surface area contributed by atoms with Gasteiger partial charge in [0.15, 0.2) is 0 Å². The quantitative estimate of drug-likeness (QED) is 0.609. The molecule has 0 aliphatic carbocycles. The Morgan fingerprint density at radius 3 is 2.61 bits per heavy atom. The predicted molar refractivity (Wildman–Crippen MR) is 96.7 cm³/mol. The summed E-state index contributed by atoms with van der Waals surface area (Å²) in [7, 11) is -3.74. The number of thiophene rings is 1. The molecule has 0 saturated heterocycles. The standard InChI is InChI=1S/C15H14Br2FNO2S2/c1-2-13-10-4-6-22-14(10)3-5-19(13)23(20,21)15-11(16)7-9(18)8-12(15)17/h4,6-8,13H,2-3,5H2,1H3. The summed E-state index contributed by atoms with van der Waals surface area (Å²) < 4.78 is 41.8. The normalized spacial score (nSPS) is 18.9. The molecule has 0 bridgehead atoms. The van der Waals surface area contributed by atoms with Gasteiger partial charge in [-0.3, -0.25) is 0 Å². The molecule has 1 aliphatic rings. The molecule has 0 saturated carbocycles. The molecule has 1 aromatic heterocycles. The molecule has 0 amide bonds. The lowest BCUT2D eigenvalue weighted by Crippen LogP contribution is -2.39. The first-order valence-corrected chi connectivity index (χ1v) is 11.0. The Labute approximate surface area is 155 Å². The van der Waals surface area contributed by atoms with Crippen LogP contribution in [0, 0.1) is 5.82 Å². The highest BCUT2D eigenvalue weighted by atomic mass is 79.9. The fourth-order valence-electron chi connectivity index (χ4n) is 2.98. The Hall–Kier alpha value is -0.280. The summed E-state index contributed by atoms with van der Waals surface area (Å²) in [6.07, 6.45) is 1.40. The number of hydrogen-bond donors (Lipinski definition) is 0. The van der Waals surface area contributed by atoms with Gasteiger partial charge in [0.25, 0.3) is 0 Å². The van der Waals surface area contributed by atoms with Crippen molar-refractivity contribution in [1.29, 1.82) is 0 Å². The molecule has 8 heteroatoms. The summed E-state index contributed by atoms with van der Waals surface area (Å²) in [6, 6.07) is 4.18. The number of hydrogen-bond acceptors (Lipinski definition) is 3. The van der Waals surface area contributed by atoms with Crippen LogP contribution in [0.4, 0.5) is 4.39 Å². The zero-order valence-corrected chi connectivity index (χ0v) is 17.0. The number of benzene rings is 1. The second-order valence-electron chi connectivity index (χ2n) is 5.29. The average Bonchev–Trinajstić information content (AvgIpc) is 2.92. The summed E-state index contributed by atoms with van der Waals surface area (Å²) >= 11 is 8.06. The molecule has 23 heavy (non-hydrogen) atoms. The Kier molecular flexibility index (Phi) is 5.00. The molecule has 0 N–H and O–H groups in total. The molecular weight excluding hydrogens is 469 g/mol. The second kappa shape index (κ2) is 6.55. The maximum absolute atomic E-state index is 13.5. The Bertz CT molecular complexity index is 828. The molecule has 0 radical (unpaired) electrons. The molecule has 1 unspecified atom stereocenters.